The highest BCUT2D eigenvalue weighted by atomic mass is 32.1. The molecule has 146 valence electrons. The van der Waals surface area contributed by atoms with E-state index in [1.54, 1.807) is 11.3 Å². The Balaban J connectivity index is 1.78. The Morgan fingerprint density at radius 1 is 1.32 bits per heavy atom. The van der Waals surface area contributed by atoms with Gasteiger partial charge in [-0.1, -0.05) is 18.6 Å². The molecule has 6 nitrogen and oxygen atoms in total. The first-order valence-electron chi connectivity index (χ1n) is 9.59. The molecule has 1 amide bonds. The van der Waals surface area contributed by atoms with Gasteiger partial charge >= 0.3 is 0 Å². The van der Waals surface area contributed by atoms with Gasteiger partial charge in [0.2, 0.25) is 4.80 Å². The lowest BCUT2D eigenvalue weighted by atomic mass is 9.99. The van der Waals surface area contributed by atoms with Crippen LogP contribution in [0.4, 0.5) is 5.69 Å². The highest BCUT2D eigenvalue weighted by molar-refractivity contribution is 7.07. The maximum absolute atomic E-state index is 11.7. The maximum Gasteiger partial charge on any atom is 0.262 e. The third-order valence-electron chi connectivity index (χ3n) is 4.75. The number of hydrogen-bond acceptors (Lipinski definition) is 5. The van der Waals surface area contributed by atoms with Crippen molar-refractivity contribution in [3.8, 4) is 17.0 Å². The van der Waals surface area contributed by atoms with Crippen LogP contribution < -0.4 is 14.9 Å². The van der Waals surface area contributed by atoms with Gasteiger partial charge in [-0.3, -0.25) is 9.79 Å². The molecule has 0 saturated heterocycles. The fourth-order valence-electron chi connectivity index (χ4n) is 3.35. The van der Waals surface area contributed by atoms with Gasteiger partial charge in [0.25, 0.3) is 5.91 Å². The van der Waals surface area contributed by atoms with Crippen LogP contribution >= 0.6 is 11.3 Å². The number of ether oxygens (including phenoxy) is 1. The van der Waals surface area contributed by atoms with Gasteiger partial charge in [-0.05, 0) is 50.8 Å². The number of amides is 1. The van der Waals surface area contributed by atoms with Gasteiger partial charge in [0, 0.05) is 16.7 Å². The summed E-state index contributed by atoms with van der Waals surface area (Å²) in [5.41, 5.74) is 4.86. The van der Waals surface area contributed by atoms with E-state index in [0.717, 1.165) is 34.5 Å². The third kappa shape index (κ3) is 4.09. The average molecular weight is 397 g/mol. The van der Waals surface area contributed by atoms with Crippen molar-refractivity contribution < 1.29 is 9.53 Å². The van der Waals surface area contributed by atoms with Crippen LogP contribution in [0.1, 0.15) is 39.0 Å². The van der Waals surface area contributed by atoms with E-state index in [9.17, 15) is 4.79 Å². The van der Waals surface area contributed by atoms with Gasteiger partial charge in [-0.2, -0.15) is 5.10 Å². The summed E-state index contributed by atoms with van der Waals surface area (Å²) in [6.45, 7) is 6.56. The summed E-state index contributed by atoms with van der Waals surface area (Å²) in [7, 11) is 0. The van der Waals surface area contributed by atoms with Gasteiger partial charge in [0.05, 0.1) is 17.9 Å². The zero-order chi connectivity index (χ0) is 19.5. The molecule has 2 aliphatic rings. The van der Waals surface area contributed by atoms with Crippen LogP contribution in [-0.2, 0) is 4.79 Å². The van der Waals surface area contributed by atoms with E-state index >= 15 is 0 Å². The Labute approximate surface area is 168 Å². The summed E-state index contributed by atoms with van der Waals surface area (Å²) < 4.78 is 7.42. The lowest BCUT2D eigenvalue weighted by Gasteiger charge is -2.18. The van der Waals surface area contributed by atoms with Crippen molar-refractivity contribution >= 4 is 28.6 Å². The van der Waals surface area contributed by atoms with Crippen molar-refractivity contribution in [3.05, 3.63) is 40.5 Å². The highest BCUT2D eigenvalue weighted by Crippen LogP contribution is 2.33. The molecule has 4 rings (SSSR count). The molecular weight excluding hydrogens is 372 g/mol. The van der Waals surface area contributed by atoms with Crippen LogP contribution in [0.5, 0.6) is 5.75 Å². The summed E-state index contributed by atoms with van der Waals surface area (Å²) in [6, 6.07) is 5.83. The van der Waals surface area contributed by atoms with Crippen LogP contribution in [0.3, 0.4) is 0 Å². The molecule has 1 aromatic heterocycles. The molecule has 1 saturated carbocycles. The van der Waals surface area contributed by atoms with Crippen LogP contribution in [-0.4, -0.2) is 29.4 Å². The number of nitrogens with zero attached hydrogens (tertiary/aromatic N) is 3. The molecule has 28 heavy (non-hydrogen) atoms. The molecule has 1 aromatic carbocycles. The predicted octanol–water partition coefficient (Wildman–Crippen LogP) is 4.19. The summed E-state index contributed by atoms with van der Waals surface area (Å²) in [5, 5.41) is 9.91. The number of nitrogens with one attached hydrogen (secondary N) is 1. The highest BCUT2D eigenvalue weighted by Gasteiger charge is 2.18. The van der Waals surface area contributed by atoms with Gasteiger partial charge in [-0.25, -0.2) is 4.68 Å². The van der Waals surface area contributed by atoms with Crippen molar-refractivity contribution in [2.45, 2.75) is 39.0 Å². The lowest BCUT2D eigenvalue weighted by molar-refractivity contribution is -0.118. The molecule has 7 heteroatoms. The number of rotatable bonds is 4. The Kier molecular flexibility index (Phi) is 5.43. The number of carbonyl (C=O) groups excluding carboxylic acids is 1. The number of fused-ring (bicyclic) bond motifs is 1. The molecule has 0 spiro atoms. The van der Waals surface area contributed by atoms with E-state index in [1.165, 1.54) is 25.0 Å². The van der Waals surface area contributed by atoms with Crippen molar-refractivity contribution in [3.63, 3.8) is 0 Å². The van der Waals surface area contributed by atoms with E-state index in [0.29, 0.717) is 18.0 Å². The largest absolute Gasteiger partial charge is 0.482 e. The number of anilines is 1. The number of benzene rings is 1. The van der Waals surface area contributed by atoms with Crippen molar-refractivity contribution in [1.82, 2.24) is 4.68 Å². The molecule has 0 atom stereocenters. The molecule has 0 unspecified atom stereocenters. The Hall–Kier alpha value is -2.67. The van der Waals surface area contributed by atoms with Gasteiger partial charge in [-0.15, -0.1) is 11.3 Å². The molecule has 1 fully saturated rings. The third-order valence-corrected chi connectivity index (χ3v) is 5.60. The van der Waals surface area contributed by atoms with Crippen molar-refractivity contribution in [2.75, 3.05) is 18.5 Å². The Morgan fingerprint density at radius 2 is 2.14 bits per heavy atom. The van der Waals surface area contributed by atoms with Gasteiger partial charge in [0.1, 0.15) is 5.75 Å². The van der Waals surface area contributed by atoms with E-state index in [4.69, 9.17) is 14.8 Å². The normalized spacial score (nSPS) is 17.0. The second-order valence-corrected chi connectivity index (χ2v) is 8.10. The standard InChI is InChI=1S/C21H24N4O2S/c1-14(2)11-22-21-25(24-16-6-4-3-5-7-16)18(13-28-21)15-8-9-19-17(10-15)23-20(26)12-27-19/h8-10,13H,1,3-7,11-12H2,2H3,(H,23,26). The average Bonchev–Trinajstić information content (AvgIpc) is 3.09. The fourth-order valence-corrected chi connectivity index (χ4v) is 4.18. The predicted molar refractivity (Wildman–Crippen MR) is 113 cm³/mol. The smallest absolute Gasteiger partial charge is 0.262 e. The van der Waals surface area contributed by atoms with Crippen LogP contribution in [0.25, 0.3) is 11.3 Å². The lowest BCUT2D eigenvalue weighted by Crippen LogP contribution is -2.25. The first kappa shape index (κ1) is 18.7. The van der Waals surface area contributed by atoms with E-state index in [2.05, 4.69) is 17.3 Å². The maximum atomic E-state index is 11.7. The van der Waals surface area contributed by atoms with Crippen LogP contribution in [0.2, 0.25) is 0 Å². The first-order valence-corrected chi connectivity index (χ1v) is 10.5. The molecular formula is C21H24N4O2S. The van der Waals surface area contributed by atoms with E-state index in [-0.39, 0.29) is 12.5 Å². The summed E-state index contributed by atoms with van der Waals surface area (Å²) >= 11 is 1.57. The second-order valence-electron chi connectivity index (χ2n) is 7.26. The molecule has 2 aromatic rings. The minimum absolute atomic E-state index is 0.0579. The van der Waals surface area contributed by atoms with Crippen molar-refractivity contribution in [2.24, 2.45) is 10.1 Å². The molecule has 1 aliphatic carbocycles. The number of aromatic nitrogens is 1. The van der Waals surface area contributed by atoms with E-state index in [1.807, 2.05) is 29.8 Å². The molecule has 2 heterocycles. The summed E-state index contributed by atoms with van der Waals surface area (Å²) in [6.07, 6.45) is 5.74. The Bertz CT molecular complexity index is 1010. The zero-order valence-electron chi connectivity index (χ0n) is 16.0. The number of carbonyl (C=O) groups is 1. The van der Waals surface area contributed by atoms with Crippen LogP contribution in [0, 0.1) is 0 Å². The summed E-state index contributed by atoms with van der Waals surface area (Å²) in [5.74, 6) is 0.554. The Morgan fingerprint density at radius 3 is 2.93 bits per heavy atom. The van der Waals surface area contributed by atoms with E-state index < -0.39 is 0 Å². The number of thiazole rings is 1. The van der Waals surface area contributed by atoms with Crippen LogP contribution in [0.15, 0.2) is 45.8 Å². The molecule has 0 bridgehead atoms. The first-order chi connectivity index (χ1) is 13.6. The number of hydrogen-bond donors (Lipinski definition) is 1. The summed E-state index contributed by atoms with van der Waals surface area (Å²) in [4.78, 5) is 17.2. The minimum Gasteiger partial charge on any atom is -0.482 e. The monoisotopic (exact) mass is 396 g/mol. The zero-order valence-corrected chi connectivity index (χ0v) is 16.8. The van der Waals surface area contributed by atoms with Crippen molar-refractivity contribution in [1.29, 1.82) is 0 Å². The quantitative estimate of drug-likeness (QED) is 0.787. The van der Waals surface area contributed by atoms with Gasteiger partial charge < -0.3 is 10.1 Å². The molecule has 0 radical (unpaired) electrons. The molecule has 1 N–H and O–H groups in total. The topological polar surface area (TPSA) is 68.0 Å². The second kappa shape index (κ2) is 8.14. The SMILES string of the molecule is C=C(C)CN=c1scc(-c2ccc3c(c2)NC(=O)CO3)n1N=C1CCCCC1. The minimum atomic E-state index is -0.137. The fraction of sp³-hybridized carbons (Fsp3) is 0.381. The van der Waals surface area contributed by atoms with Gasteiger partial charge in [0.15, 0.2) is 6.61 Å². The molecule has 1 aliphatic heterocycles.